The van der Waals surface area contributed by atoms with Crippen LogP contribution in [0.25, 0.3) is 0 Å². The number of hydrazine groups is 1. The monoisotopic (exact) mass is 463 g/mol. The second-order valence-electron chi connectivity index (χ2n) is 5.35. The van der Waals surface area contributed by atoms with Crippen LogP contribution in [0.1, 0.15) is 20.2 Å². The van der Waals surface area contributed by atoms with Gasteiger partial charge in [-0.15, -0.1) is 11.3 Å². The van der Waals surface area contributed by atoms with Crippen LogP contribution in [0.15, 0.2) is 63.0 Å². The Morgan fingerprint density at radius 1 is 1.04 bits per heavy atom. The lowest BCUT2D eigenvalue weighted by Crippen LogP contribution is -2.43. The van der Waals surface area contributed by atoms with E-state index in [0.29, 0.717) is 16.3 Å². The van der Waals surface area contributed by atoms with E-state index in [9.17, 15) is 14.4 Å². The topological polar surface area (TPSA) is 110 Å². The molecule has 3 amide bonds. The van der Waals surface area contributed by atoms with Gasteiger partial charge in [0, 0.05) is 11.8 Å². The lowest BCUT2D eigenvalue weighted by molar-refractivity contribution is -0.123. The zero-order valence-electron chi connectivity index (χ0n) is 14.2. The van der Waals surface area contributed by atoms with Gasteiger partial charge in [-0.2, -0.15) is 0 Å². The number of thiophene rings is 1. The molecule has 3 rings (SSSR count). The molecule has 0 aliphatic heterocycles. The Bertz CT molecular complexity index is 987. The zero-order chi connectivity index (χ0) is 19.9. The summed E-state index contributed by atoms with van der Waals surface area (Å²) in [6.07, 6.45) is 1.41. The molecule has 0 aliphatic rings. The average Bonchev–Trinajstić information content (AvgIpc) is 3.36. The van der Waals surface area contributed by atoms with Crippen LogP contribution in [-0.4, -0.2) is 24.3 Å². The highest BCUT2D eigenvalue weighted by atomic mass is 79.9. The molecule has 0 saturated heterocycles. The molecule has 1 aromatic carbocycles. The van der Waals surface area contributed by atoms with Crippen molar-refractivity contribution in [2.45, 2.75) is 0 Å². The van der Waals surface area contributed by atoms with Crippen molar-refractivity contribution in [3.63, 3.8) is 0 Å². The average molecular weight is 464 g/mol. The van der Waals surface area contributed by atoms with Crippen LogP contribution < -0.4 is 20.9 Å². The molecule has 0 unspecified atom stereocenters. The van der Waals surface area contributed by atoms with E-state index in [1.54, 1.807) is 48.5 Å². The zero-order valence-corrected chi connectivity index (χ0v) is 16.6. The second-order valence-corrected chi connectivity index (χ2v) is 7.82. The van der Waals surface area contributed by atoms with Gasteiger partial charge in [-0.25, -0.2) is 0 Å². The summed E-state index contributed by atoms with van der Waals surface area (Å²) in [4.78, 5) is 36.1. The van der Waals surface area contributed by atoms with Gasteiger partial charge in [0.25, 0.3) is 17.7 Å². The lowest BCUT2D eigenvalue weighted by atomic mass is 10.3. The molecule has 10 heteroatoms. The fourth-order valence-electron chi connectivity index (χ4n) is 2.07. The number of anilines is 1. The number of carbonyl (C=O) groups is 3. The first-order valence-corrected chi connectivity index (χ1v) is 9.54. The predicted molar refractivity (Wildman–Crippen MR) is 106 cm³/mol. The normalized spacial score (nSPS) is 10.2. The van der Waals surface area contributed by atoms with Gasteiger partial charge in [0.05, 0.1) is 14.9 Å². The third-order valence-corrected chi connectivity index (χ3v) is 4.94. The van der Waals surface area contributed by atoms with Gasteiger partial charge in [0.2, 0.25) is 0 Å². The summed E-state index contributed by atoms with van der Waals surface area (Å²) in [5, 5.41) is 2.66. The van der Waals surface area contributed by atoms with Crippen LogP contribution in [-0.2, 0) is 4.79 Å². The summed E-state index contributed by atoms with van der Waals surface area (Å²) in [5.41, 5.74) is 5.06. The maximum absolute atomic E-state index is 12.0. The summed E-state index contributed by atoms with van der Waals surface area (Å²) in [6.45, 7) is -0.315. The summed E-state index contributed by atoms with van der Waals surface area (Å²) in [5.74, 6) is -0.802. The van der Waals surface area contributed by atoms with Gasteiger partial charge < -0.3 is 14.5 Å². The van der Waals surface area contributed by atoms with E-state index in [1.807, 2.05) is 0 Å². The van der Waals surface area contributed by atoms with Crippen molar-refractivity contribution < 1.29 is 23.5 Å². The van der Waals surface area contributed by atoms with Crippen LogP contribution in [0.2, 0.25) is 0 Å². The maximum atomic E-state index is 12.0. The Balaban J connectivity index is 1.47. The van der Waals surface area contributed by atoms with E-state index in [-0.39, 0.29) is 12.4 Å². The Morgan fingerprint density at radius 2 is 1.89 bits per heavy atom. The SMILES string of the molecule is O=C(COc1cccc(NC(=O)c2ccco2)c1)NNC(=O)c1ccc(Br)s1. The minimum atomic E-state index is -0.533. The molecule has 3 N–H and O–H groups in total. The molecule has 0 spiro atoms. The van der Waals surface area contributed by atoms with Crippen molar-refractivity contribution in [1.82, 2.24) is 10.9 Å². The smallest absolute Gasteiger partial charge is 0.291 e. The molecule has 0 saturated carbocycles. The van der Waals surface area contributed by atoms with E-state index >= 15 is 0 Å². The largest absolute Gasteiger partial charge is 0.484 e. The maximum Gasteiger partial charge on any atom is 0.291 e. The van der Waals surface area contributed by atoms with Crippen molar-refractivity contribution in [3.05, 3.63) is 69.2 Å². The summed E-state index contributed by atoms with van der Waals surface area (Å²) < 4.78 is 11.2. The number of amides is 3. The Morgan fingerprint density at radius 3 is 2.61 bits per heavy atom. The number of nitrogens with one attached hydrogen (secondary N) is 3. The van der Waals surface area contributed by atoms with Crippen LogP contribution in [0.4, 0.5) is 5.69 Å². The number of furan rings is 1. The minimum Gasteiger partial charge on any atom is -0.484 e. The van der Waals surface area contributed by atoms with Gasteiger partial charge in [-0.1, -0.05) is 6.07 Å². The number of carbonyl (C=O) groups excluding carboxylic acids is 3. The van der Waals surface area contributed by atoms with Crippen molar-refractivity contribution in [1.29, 1.82) is 0 Å². The van der Waals surface area contributed by atoms with E-state index in [2.05, 4.69) is 32.1 Å². The molecular weight excluding hydrogens is 450 g/mol. The van der Waals surface area contributed by atoms with E-state index < -0.39 is 17.7 Å². The quantitative estimate of drug-likeness (QED) is 0.486. The van der Waals surface area contributed by atoms with Crippen molar-refractivity contribution >= 4 is 50.7 Å². The Kier molecular flexibility index (Phi) is 6.45. The highest BCUT2D eigenvalue weighted by Gasteiger charge is 2.11. The molecule has 0 bridgehead atoms. The third kappa shape index (κ3) is 5.44. The molecule has 2 heterocycles. The highest BCUT2D eigenvalue weighted by molar-refractivity contribution is 9.11. The molecule has 8 nitrogen and oxygen atoms in total. The number of hydrogen-bond acceptors (Lipinski definition) is 6. The van der Waals surface area contributed by atoms with Gasteiger partial charge in [-0.3, -0.25) is 25.2 Å². The van der Waals surface area contributed by atoms with Crippen LogP contribution >= 0.6 is 27.3 Å². The summed E-state index contributed by atoms with van der Waals surface area (Å²) in [7, 11) is 0. The van der Waals surface area contributed by atoms with Gasteiger partial charge in [0.15, 0.2) is 12.4 Å². The summed E-state index contributed by atoms with van der Waals surface area (Å²) in [6, 6.07) is 13.1. The van der Waals surface area contributed by atoms with Gasteiger partial charge in [-0.05, 0) is 52.3 Å². The van der Waals surface area contributed by atoms with E-state index in [1.165, 1.54) is 17.6 Å². The highest BCUT2D eigenvalue weighted by Crippen LogP contribution is 2.21. The van der Waals surface area contributed by atoms with Crippen LogP contribution in [0.3, 0.4) is 0 Å². The van der Waals surface area contributed by atoms with Crippen LogP contribution in [0, 0.1) is 0 Å². The first-order chi connectivity index (χ1) is 13.5. The standard InChI is InChI=1S/C18H14BrN3O5S/c19-15-7-6-14(28-15)18(25)22-21-16(23)10-27-12-4-1-3-11(9-12)20-17(24)13-5-2-8-26-13/h1-9H,10H2,(H,20,24)(H,21,23)(H,22,25). The second kappa shape index (κ2) is 9.20. The minimum absolute atomic E-state index is 0.180. The number of hydrogen-bond donors (Lipinski definition) is 3. The first kappa shape index (κ1) is 19.6. The molecule has 0 fully saturated rings. The molecular formula is C18H14BrN3O5S. The van der Waals surface area contributed by atoms with Crippen LogP contribution in [0.5, 0.6) is 5.75 Å². The fourth-order valence-corrected chi connectivity index (χ4v) is 3.35. The molecule has 3 aromatic rings. The molecule has 0 aliphatic carbocycles. The van der Waals surface area contributed by atoms with Crippen molar-refractivity contribution in [3.8, 4) is 5.75 Å². The predicted octanol–water partition coefficient (Wildman–Crippen LogP) is 3.20. The third-order valence-electron chi connectivity index (χ3n) is 3.32. The fraction of sp³-hybridized carbons (Fsp3) is 0.0556. The molecule has 144 valence electrons. The molecule has 0 radical (unpaired) electrons. The number of rotatable bonds is 6. The number of halogens is 1. The number of benzene rings is 1. The van der Waals surface area contributed by atoms with Crippen molar-refractivity contribution in [2.75, 3.05) is 11.9 Å². The van der Waals surface area contributed by atoms with Crippen molar-refractivity contribution in [2.24, 2.45) is 0 Å². The molecule has 2 aromatic heterocycles. The molecule has 0 atom stereocenters. The lowest BCUT2D eigenvalue weighted by Gasteiger charge is -2.09. The number of ether oxygens (including phenoxy) is 1. The van der Waals surface area contributed by atoms with E-state index in [0.717, 1.165) is 3.79 Å². The first-order valence-electron chi connectivity index (χ1n) is 7.93. The van der Waals surface area contributed by atoms with Gasteiger partial charge >= 0.3 is 0 Å². The van der Waals surface area contributed by atoms with E-state index in [4.69, 9.17) is 9.15 Å². The molecule has 28 heavy (non-hydrogen) atoms. The Labute approximate surface area is 172 Å². The Hall–Kier alpha value is -3.11. The summed E-state index contributed by atoms with van der Waals surface area (Å²) >= 11 is 4.51. The van der Waals surface area contributed by atoms with Gasteiger partial charge in [0.1, 0.15) is 5.75 Å².